The topological polar surface area (TPSA) is 0 Å². The van der Waals surface area contributed by atoms with Gasteiger partial charge in [0.15, 0.2) is 0 Å². The number of benzene rings is 9. The Labute approximate surface area is 309 Å². The quantitative estimate of drug-likeness (QED) is 0.120. The summed E-state index contributed by atoms with van der Waals surface area (Å²) in [5.74, 6) is 0. The molecular formula is C50H44Si2. The van der Waals surface area contributed by atoms with Gasteiger partial charge >= 0.3 is 0 Å². The molecular weight excluding hydrogens is 657 g/mol. The van der Waals surface area contributed by atoms with E-state index < -0.39 is 16.1 Å². The molecule has 0 saturated heterocycles. The summed E-state index contributed by atoms with van der Waals surface area (Å²) in [6.45, 7) is 14.5. The first-order valence-electron chi connectivity index (χ1n) is 18.6. The van der Waals surface area contributed by atoms with Crippen LogP contribution in [0, 0.1) is 0 Å². The predicted octanol–water partition coefficient (Wildman–Crippen LogP) is 13.5. The molecule has 252 valence electrons. The van der Waals surface area contributed by atoms with Crippen molar-refractivity contribution in [3.8, 4) is 44.5 Å². The number of hydrogen-bond donors (Lipinski definition) is 0. The molecule has 0 bridgehead atoms. The van der Waals surface area contributed by atoms with Gasteiger partial charge in [0.05, 0.1) is 16.1 Å². The third-order valence-electron chi connectivity index (χ3n) is 11.2. The van der Waals surface area contributed by atoms with E-state index in [1.165, 1.54) is 98.0 Å². The minimum atomic E-state index is -1.43. The SMILES string of the molecule is C[Si](C)(C)c1ccc(-c2ccc3ccc4c(-c5ccc([Si](C)(C)C)cc5)cc(-c5ccc(-c6cccc7ccccc67)cc5)c5ccc2c3c45)cc1. The lowest BCUT2D eigenvalue weighted by Crippen LogP contribution is -2.37. The van der Waals surface area contributed by atoms with Crippen LogP contribution in [0.3, 0.4) is 0 Å². The van der Waals surface area contributed by atoms with Crippen LogP contribution >= 0.6 is 0 Å². The first-order valence-corrected chi connectivity index (χ1v) is 25.6. The molecule has 9 aromatic rings. The number of rotatable bonds is 6. The van der Waals surface area contributed by atoms with Gasteiger partial charge in [-0.15, -0.1) is 0 Å². The van der Waals surface area contributed by atoms with Crippen molar-refractivity contribution in [1.82, 2.24) is 0 Å². The zero-order valence-corrected chi connectivity index (χ0v) is 33.0. The van der Waals surface area contributed by atoms with Gasteiger partial charge in [0.1, 0.15) is 0 Å². The minimum absolute atomic E-state index is 1.24. The van der Waals surface area contributed by atoms with Crippen LogP contribution in [0.2, 0.25) is 39.3 Å². The van der Waals surface area contributed by atoms with Gasteiger partial charge in [-0.1, -0.05) is 201 Å². The van der Waals surface area contributed by atoms with E-state index in [2.05, 4.69) is 197 Å². The summed E-state index contributed by atoms with van der Waals surface area (Å²) in [6, 6.07) is 60.0. The average molecular weight is 701 g/mol. The molecule has 0 aliphatic heterocycles. The molecule has 0 fully saturated rings. The van der Waals surface area contributed by atoms with Gasteiger partial charge < -0.3 is 0 Å². The second-order valence-electron chi connectivity index (χ2n) is 16.6. The van der Waals surface area contributed by atoms with E-state index in [9.17, 15) is 0 Å². The Kier molecular flexibility index (Phi) is 7.62. The fourth-order valence-corrected chi connectivity index (χ4v) is 10.6. The largest absolute Gasteiger partial charge is 0.0775 e. The summed E-state index contributed by atoms with van der Waals surface area (Å²) in [4.78, 5) is 0. The molecule has 9 aromatic carbocycles. The number of fused-ring (bicyclic) bond motifs is 1. The van der Waals surface area contributed by atoms with E-state index in [0.717, 1.165) is 0 Å². The van der Waals surface area contributed by atoms with Crippen molar-refractivity contribution < 1.29 is 0 Å². The van der Waals surface area contributed by atoms with Crippen molar-refractivity contribution in [3.05, 3.63) is 158 Å². The summed E-state index contributed by atoms with van der Waals surface area (Å²) in [5, 5.41) is 13.5. The lowest BCUT2D eigenvalue weighted by Gasteiger charge is -2.21. The van der Waals surface area contributed by atoms with Crippen molar-refractivity contribution in [2.45, 2.75) is 39.3 Å². The van der Waals surface area contributed by atoms with Gasteiger partial charge in [0, 0.05) is 0 Å². The Hall–Kier alpha value is -5.29. The summed E-state index contributed by atoms with van der Waals surface area (Å²) < 4.78 is 0. The average Bonchev–Trinajstić information content (AvgIpc) is 3.16. The third kappa shape index (κ3) is 5.49. The van der Waals surface area contributed by atoms with Crippen molar-refractivity contribution in [1.29, 1.82) is 0 Å². The molecule has 52 heavy (non-hydrogen) atoms. The van der Waals surface area contributed by atoms with Crippen molar-refractivity contribution in [2.75, 3.05) is 0 Å². The predicted molar refractivity (Wildman–Crippen MR) is 235 cm³/mol. The van der Waals surface area contributed by atoms with Gasteiger partial charge in [0.2, 0.25) is 0 Å². The van der Waals surface area contributed by atoms with Gasteiger partial charge in [-0.25, -0.2) is 0 Å². The Morgan fingerprint density at radius 2 is 0.712 bits per heavy atom. The first kappa shape index (κ1) is 32.6. The Bertz CT molecular complexity index is 2750. The van der Waals surface area contributed by atoms with Crippen LogP contribution in [-0.4, -0.2) is 16.1 Å². The van der Waals surface area contributed by atoms with Gasteiger partial charge in [-0.05, 0) is 93.7 Å². The molecule has 0 aromatic heterocycles. The smallest absolute Gasteiger partial charge is 0.0656 e. The van der Waals surface area contributed by atoms with E-state index in [1.807, 2.05) is 0 Å². The lowest BCUT2D eigenvalue weighted by atomic mass is 9.84. The Morgan fingerprint density at radius 3 is 1.27 bits per heavy atom. The van der Waals surface area contributed by atoms with E-state index >= 15 is 0 Å². The molecule has 0 radical (unpaired) electrons. The molecule has 0 amide bonds. The lowest BCUT2D eigenvalue weighted by molar-refractivity contribution is 1.62. The standard InChI is InChI=1S/C50H44Si2/c1-51(2,3)39-24-18-35(19-25-39)43-28-22-38-23-29-45-48(37-20-26-40(27-21-37)52(4,5)6)32-47(46-31-30-44(43)49(38)50(45)46)36-16-14-34(15-17-36)42-13-9-11-33-10-7-8-12-41(33)42/h7-32H,1-6H3. The maximum absolute atomic E-state index is 2.45. The molecule has 0 spiro atoms. The molecule has 9 rings (SSSR count). The molecule has 0 atom stereocenters. The second kappa shape index (κ2) is 12.2. The molecule has 2 heteroatoms. The maximum atomic E-state index is 2.45. The van der Waals surface area contributed by atoms with Crippen molar-refractivity contribution in [2.24, 2.45) is 0 Å². The molecule has 0 unspecified atom stereocenters. The van der Waals surface area contributed by atoms with Crippen LogP contribution in [0.1, 0.15) is 0 Å². The Morgan fingerprint density at radius 1 is 0.288 bits per heavy atom. The van der Waals surface area contributed by atoms with Crippen LogP contribution in [0.5, 0.6) is 0 Å². The monoisotopic (exact) mass is 700 g/mol. The zero-order chi connectivity index (χ0) is 35.8. The van der Waals surface area contributed by atoms with E-state index in [1.54, 1.807) is 0 Å². The maximum Gasteiger partial charge on any atom is 0.0775 e. The zero-order valence-electron chi connectivity index (χ0n) is 31.0. The highest BCUT2D eigenvalue weighted by Crippen LogP contribution is 2.46. The second-order valence-corrected chi connectivity index (χ2v) is 26.7. The third-order valence-corrected chi connectivity index (χ3v) is 15.3. The summed E-state index contributed by atoms with van der Waals surface area (Å²) in [5.41, 5.74) is 10.2. The van der Waals surface area contributed by atoms with Gasteiger partial charge in [-0.3, -0.25) is 0 Å². The fourth-order valence-electron chi connectivity index (χ4n) is 8.23. The van der Waals surface area contributed by atoms with Crippen molar-refractivity contribution in [3.63, 3.8) is 0 Å². The normalized spacial score (nSPS) is 12.4. The molecule has 0 saturated carbocycles. The summed E-state index contributed by atoms with van der Waals surface area (Å²) in [7, 11) is -2.82. The highest BCUT2D eigenvalue weighted by atomic mass is 28.3. The first-order chi connectivity index (χ1) is 25.0. The highest BCUT2D eigenvalue weighted by Gasteiger charge is 2.21. The molecule has 0 nitrogen and oxygen atoms in total. The van der Waals surface area contributed by atoms with E-state index in [-0.39, 0.29) is 0 Å². The summed E-state index contributed by atoms with van der Waals surface area (Å²) >= 11 is 0. The molecule has 0 N–H and O–H groups in total. The fraction of sp³-hybridized carbons (Fsp3) is 0.120. The van der Waals surface area contributed by atoms with Crippen LogP contribution in [0.15, 0.2) is 158 Å². The Balaban J connectivity index is 1.28. The van der Waals surface area contributed by atoms with Crippen LogP contribution in [0.4, 0.5) is 0 Å². The van der Waals surface area contributed by atoms with Gasteiger partial charge in [0.25, 0.3) is 0 Å². The highest BCUT2D eigenvalue weighted by molar-refractivity contribution is 6.89. The van der Waals surface area contributed by atoms with E-state index in [4.69, 9.17) is 0 Å². The van der Waals surface area contributed by atoms with Crippen LogP contribution in [-0.2, 0) is 0 Å². The van der Waals surface area contributed by atoms with Gasteiger partial charge in [-0.2, -0.15) is 0 Å². The van der Waals surface area contributed by atoms with Crippen LogP contribution < -0.4 is 10.4 Å². The molecule has 0 heterocycles. The molecule has 0 aliphatic rings. The minimum Gasteiger partial charge on any atom is -0.0656 e. The number of hydrogen-bond acceptors (Lipinski definition) is 0. The summed E-state index contributed by atoms with van der Waals surface area (Å²) in [6.07, 6.45) is 0. The van der Waals surface area contributed by atoms with E-state index in [0.29, 0.717) is 0 Å². The van der Waals surface area contributed by atoms with Crippen LogP contribution in [0.25, 0.3) is 87.6 Å². The molecule has 0 aliphatic carbocycles. The van der Waals surface area contributed by atoms with Crippen molar-refractivity contribution >= 4 is 69.6 Å².